The van der Waals surface area contributed by atoms with Crippen LogP contribution in [0.15, 0.2) is 24.3 Å². The van der Waals surface area contributed by atoms with Crippen molar-refractivity contribution >= 4 is 9.84 Å². The summed E-state index contributed by atoms with van der Waals surface area (Å²) in [5.74, 6) is -1.21. The van der Waals surface area contributed by atoms with Crippen LogP contribution in [0.2, 0.25) is 0 Å². The van der Waals surface area contributed by atoms with E-state index >= 15 is 0 Å². The Morgan fingerprint density at radius 2 is 1.41 bits per heavy atom. The number of methoxy groups -OCH3 is 3. The SMILES string of the molecule is CCCCCCCCC(c1ccc(CS(C)(=O)=O)cc1)C(OC)(OC)OC. The maximum absolute atomic E-state index is 11.5. The van der Waals surface area contributed by atoms with Gasteiger partial charge in [-0.3, -0.25) is 0 Å². The molecule has 1 atom stereocenters. The molecule has 0 heterocycles. The lowest BCUT2D eigenvalue weighted by Gasteiger charge is -2.36. The molecule has 0 radical (unpaired) electrons. The largest absolute Gasteiger partial charge is 0.330 e. The number of benzene rings is 1. The molecule has 0 aliphatic heterocycles. The highest BCUT2D eigenvalue weighted by Crippen LogP contribution is 2.37. The first-order chi connectivity index (χ1) is 12.8. The average Bonchev–Trinajstić information content (AvgIpc) is 2.64. The van der Waals surface area contributed by atoms with Crippen LogP contribution in [0, 0.1) is 0 Å². The summed E-state index contributed by atoms with van der Waals surface area (Å²) in [6.45, 7) is 2.22. The molecule has 6 heteroatoms. The molecule has 0 saturated carbocycles. The highest BCUT2D eigenvalue weighted by molar-refractivity contribution is 7.89. The van der Waals surface area contributed by atoms with E-state index in [9.17, 15) is 8.42 Å². The van der Waals surface area contributed by atoms with Crippen molar-refractivity contribution in [1.82, 2.24) is 0 Å². The Morgan fingerprint density at radius 3 is 1.89 bits per heavy atom. The monoisotopic (exact) mass is 400 g/mol. The van der Waals surface area contributed by atoms with Crippen LogP contribution in [0.1, 0.15) is 68.9 Å². The van der Waals surface area contributed by atoms with Gasteiger partial charge in [-0.05, 0) is 17.5 Å². The molecule has 1 rings (SSSR count). The Hall–Kier alpha value is -0.950. The molecule has 0 amide bonds. The van der Waals surface area contributed by atoms with E-state index in [-0.39, 0.29) is 11.7 Å². The normalized spacial score (nSPS) is 13.7. The van der Waals surface area contributed by atoms with E-state index in [0.717, 1.165) is 30.4 Å². The molecule has 0 bridgehead atoms. The Morgan fingerprint density at radius 1 is 0.889 bits per heavy atom. The molecule has 1 unspecified atom stereocenters. The van der Waals surface area contributed by atoms with Crippen LogP contribution < -0.4 is 0 Å². The number of unbranched alkanes of at least 4 members (excludes halogenated alkanes) is 5. The highest BCUT2D eigenvalue weighted by Gasteiger charge is 2.40. The zero-order valence-corrected chi connectivity index (χ0v) is 18.3. The smallest absolute Gasteiger partial charge is 0.289 e. The third kappa shape index (κ3) is 7.90. The minimum Gasteiger partial charge on any atom is -0.330 e. The lowest BCUT2D eigenvalue weighted by molar-refractivity contribution is -0.365. The van der Waals surface area contributed by atoms with Crippen molar-refractivity contribution in [2.75, 3.05) is 27.6 Å². The summed E-state index contributed by atoms with van der Waals surface area (Å²) in [6, 6.07) is 7.62. The van der Waals surface area contributed by atoms with Crippen LogP contribution in [-0.4, -0.2) is 42.0 Å². The molecule has 1 aromatic rings. The summed E-state index contributed by atoms with van der Waals surface area (Å²) in [4.78, 5) is 0. The lowest BCUT2D eigenvalue weighted by atomic mass is 9.89. The average molecular weight is 401 g/mol. The molecule has 0 aliphatic carbocycles. The molecule has 0 aromatic heterocycles. The van der Waals surface area contributed by atoms with Crippen LogP contribution in [0.3, 0.4) is 0 Å². The predicted octanol–water partition coefficient (Wildman–Crippen LogP) is 4.66. The van der Waals surface area contributed by atoms with Gasteiger partial charge in [-0.25, -0.2) is 8.42 Å². The van der Waals surface area contributed by atoms with Crippen LogP contribution in [0.5, 0.6) is 0 Å². The van der Waals surface area contributed by atoms with Crippen molar-refractivity contribution in [2.24, 2.45) is 0 Å². The van der Waals surface area contributed by atoms with E-state index in [1.54, 1.807) is 21.3 Å². The summed E-state index contributed by atoms with van der Waals surface area (Å²) in [5, 5.41) is 0. The predicted molar refractivity (Wildman–Crippen MR) is 109 cm³/mol. The number of rotatable bonds is 14. The van der Waals surface area contributed by atoms with Gasteiger partial charge < -0.3 is 14.2 Å². The standard InChI is InChI=1S/C21H36O5S/c1-6-7-8-9-10-11-12-20(21(24-2,25-3)26-4)19-15-13-18(14-16-19)17-27(5,22)23/h13-16,20H,6-12,17H2,1-5H3. The first-order valence-electron chi connectivity index (χ1n) is 9.74. The molecular weight excluding hydrogens is 364 g/mol. The van der Waals surface area contributed by atoms with Gasteiger partial charge in [0.25, 0.3) is 5.97 Å². The number of ether oxygens (including phenoxy) is 3. The fourth-order valence-corrected chi connectivity index (χ4v) is 4.30. The van der Waals surface area contributed by atoms with E-state index in [2.05, 4.69) is 6.92 Å². The molecule has 0 spiro atoms. The van der Waals surface area contributed by atoms with Gasteiger partial charge in [0.15, 0.2) is 9.84 Å². The summed E-state index contributed by atoms with van der Waals surface area (Å²) in [7, 11) is 1.70. The Bertz CT molecular complexity index is 612. The minimum absolute atomic E-state index is 0.0410. The van der Waals surface area contributed by atoms with Gasteiger partial charge in [0.05, 0.1) is 11.7 Å². The number of hydrogen-bond acceptors (Lipinski definition) is 5. The van der Waals surface area contributed by atoms with Crippen molar-refractivity contribution in [2.45, 2.75) is 69.5 Å². The second-order valence-corrected chi connectivity index (χ2v) is 9.28. The van der Waals surface area contributed by atoms with Gasteiger partial charge in [-0.1, -0.05) is 69.7 Å². The van der Waals surface area contributed by atoms with Crippen molar-refractivity contribution in [3.8, 4) is 0 Å². The molecule has 0 fully saturated rings. The molecule has 156 valence electrons. The van der Waals surface area contributed by atoms with E-state index in [1.807, 2.05) is 24.3 Å². The first-order valence-corrected chi connectivity index (χ1v) is 11.8. The Labute approximate surface area is 165 Å². The van der Waals surface area contributed by atoms with Gasteiger partial charge in [0.1, 0.15) is 0 Å². The zero-order valence-electron chi connectivity index (χ0n) is 17.5. The minimum atomic E-state index is -3.05. The molecule has 0 aliphatic rings. The summed E-state index contributed by atoms with van der Waals surface area (Å²) in [5.41, 5.74) is 1.80. The maximum Gasteiger partial charge on any atom is 0.289 e. The second kappa shape index (κ2) is 11.8. The van der Waals surface area contributed by atoms with Crippen LogP contribution in [0.4, 0.5) is 0 Å². The third-order valence-electron chi connectivity index (χ3n) is 4.94. The van der Waals surface area contributed by atoms with Gasteiger partial charge >= 0.3 is 0 Å². The Balaban J connectivity index is 2.93. The van der Waals surface area contributed by atoms with Crippen molar-refractivity contribution in [3.63, 3.8) is 0 Å². The molecule has 0 N–H and O–H groups in total. The van der Waals surface area contributed by atoms with E-state index in [4.69, 9.17) is 14.2 Å². The van der Waals surface area contributed by atoms with E-state index in [1.165, 1.54) is 31.9 Å². The molecular formula is C21H36O5S. The summed E-state index contributed by atoms with van der Waals surface area (Å²) in [6.07, 6.45) is 9.35. The molecule has 1 aromatic carbocycles. The van der Waals surface area contributed by atoms with Crippen molar-refractivity contribution < 1.29 is 22.6 Å². The molecule has 27 heavy (non-hydrogen) atoms. The lowest BCUT2D eigenvalue weighted by Crippen LogP contribution is -2.42. The number of sulfone groups is 1. The topological polar surface area (TPSA) is 61.8 Å². The highest BCUT2D eigenvalue weighted by atomic mass is 32.2. The molecule has 0 saturated heterocycles. The van der Waals surface area contributed by atoms with Crippen LogP contribution in [0.25, 0.3) is 0 Å². The Kier molecular flexibility index (Phi) is 10.5. The summed E-state index contributed by atoms with van der Waals surface area (Å²) >= 11 is 0. The zero-order chi connectivity index (χ0) is 20.3. The third-order valence-corrected chi connectivity index (χ3v) is 5.80. The number of hydrogen-bond donors (Lipinski definition) is 0. The van der Waals surface area contributed by atoms with Crippen LogP contribution in [-0.2, 0) is 29.8 Å². The van der Waals surface area contributed by atoms with Gasteiger partial charge in [-0.15, -0.1) is 0 Å². The van der Waals surface area contributed by atoms with Gasteiger partial charge in [0.2, 0.25) is 0 Å². The second-order valence-electron chi connectivity index (χ2n) is 7.14. The van der Waals surface area contributed by atoms with Crippen molar-refractivity contribution in [1.29, 1.82) is 0 Å². The van der Waals surface area contributed by atoms with Gasteiger partial charge in [0, 0.05) is 27.6 Å². The summed E-state index contributed by atoms with van der Waals surface area (Å²) < 4.78 is 39.9. The van der Waals surface area contributed by atoms with E-state index in [0.29, 0.717) is 0 Å². The fourth-order valence-electron chi connectivity index (χ4n) is 3.50. The quantitative estimate of drug-likeness (QED) is 0.336. The van der Waals surface area contributed by atoms with Gasteiger partial charge in [-0.2, -0.15) is 0 Å². The first kappa shape index (κ1) is 24.1. The maximum atomic E-state index is 11.5. The van der Waals surface area contributed by atoms with Crippen molar-refractivity contribution in [3.05, 3.63) is 35.4 Å². The van der Waals surface area contributed by atoms with E-state index < -0.39 is 15.8 Å². The van der Waals surface area contributed by atoms with Crippen LogP contribution >= 0.6 is 0 Å². The fraction of sp³-hybridized carbons (Fsp3) is 0.714. The molecule has 5 nitrogen and oxygen atoms in total.